The molecule has 0 unspecified atom stereocenters. The number of aryl methyl sites for hydroxylation is 1. The van der Waals surface area contributed by atoms with Crippen LogP contribution in [0.3, 0.4) is 0 Å². The lowest BCUT2D eigenvalue weighted by molar-refractivity contribution is 0.0832. The summed E-state index contributed by atoms with van der Waals surface area (Å²) in [7, 11) is 1.56. The predicted octanol–water partition coefficient (Wildman–Crippen LogP) is 2.58. The van der Waals surface area contributed by atoms with E-state index >= 15 is 0 Å². The third-order valence-electron chi connectivity index (χ3n) is 3.31. The van der Waals surface area contributed by atoms with Crippen molar-refractivity contribution in [2.45, 2.75) is 25.8 Å². The van der Waals surface area contributed by atoms with Crippen molar-refractivity contribution in [3.63, 3.8) is 0 Å². The Morgan fingerprint density at radius 1 is 1.47 bits per heavy atom. The third-order valence-corrected chi connectivity index (χ3v) is 3.60. The molecule has 1 fully saturated rings. The predicted molar refractivity (Wildman–Crippen MR) is 67.8 cm³/mol. The topological polar surface area (TPSA) is 52.3 Å². The van der Waals surface area contributed by atoms with Crippen molar-refractivity contribution in [1.29, 1.82) is 0 Å². The van der Waals surface area contributed by atoms with Gasteiger partial charge in [-0.3, -0.25) is 4.79 Å². The number of nitrogens with two attached hydrogens (primary N) is 1. The number of rotatable bonds is 3. The monoisotopic (exact) mass is 253 g/mol. The van der Waals surface area contributed by atoms with Crippen LogP contribution in [0.25, 0.3) is 0 Å². The number of Topliss-reactive ketones (excluding diaryl/α,β-unsaturated/α-hetero) is 1. The second-order valence-corrected chi connectivity index (χ2v) is 5.00. The van der Waals surface area contributed by atoms with Gasteiger partial charge in [0.05, 0.1) is 12.1 Å². The van der Waals surface area contributed by atoms with Gasteiger partial charge in [0.1, 0.15) is 5.75 Å². The number of carbonyl (C=O) groups excluding carboxylic acids is 1. The van der Waals surface area contributed by atoms with E-state index in [1.165, 1.54) is 0 Å². The van der Waals surface area contributed by atoms with E-state index in [-0.39, 0.29) is 17.7 Å². The number of ketones is 1. The van der Waals surface area contributed by atoms with Crippen LogP contribution in [-0.4, -0.2) is 18.9 Å². The average Bonchev–Trinajstić information content (AvgIpc) is 2.26. The second-order valence-electron chi connectivity index (χ2n) is 4.59. The zero-order chi connectivity index (χ0) is 12.6. The largest absolute Gasteiger partial charge is 0.495 e. The van der Waals surface area contributed by atoms with Gasteiger partial charge in [0.15, 0.2) is 5.78 Å². The van der Waals surface area contributed by atoms with E-state index in [9.17, 15) is 4.79 Å². The van der Waals surface area contributed by atoms with Gasteiger partial charge in [0, 0.05) is 17.5 Å². The van der Waals surface area contributed by atoms with Crippen molar-refractivity contribution in [3.05, 3.63) is 28.3 Å². The van der Waals surface area contributed by atoms with Crippen molar-refractivity contribution < 1.29 is 9.53 Å². The molecule has 2 rings (SSSR count). The minimum atomic E-state index is 0.0631. The lowest BCUT2D eigenvalue weighted by Gasteiger charge is -2.31. The zero-order valence-electron chi connectivity index (χ0n) is 10.00. The summed E-state index contributed by atoms with van der Waals surface area (Å²) in [5, 5.41) is 0.477. The smallest absolute Gasteiger partial charge is 0.166 e. The summed E-state index contributed by atoms with van der Waals surface area (Å²) in [6.45, 7) is 1.89. The fourth-order valence-electron chi connectivity index (χ4n) is 2.17. The molecular formula is C13H16ClNO2. The van der Waals surface area contributed by atoms with Gasteiger partial charge in [-0.25, -0.2) is 0 Å². The van der Waals surface area contributed by atoms with E-state index in [2.05, 4.69) is 0 Å². The molecule has 0 aliphatic heterocycles. The molecule has 1 aromatic carbocycles. The summed E-state index contributed by atoms with van der Waals surface area (Å²) in [5.41, 5.74) is 7.29. The van der Waals surface area contributed by atoms with E-state index in [0.717, 1.165) is 18.4 Å². The molecule has 3 nitrogen and oxygen atoms in total. The van der Waals surface area contributed by atoms with Crippen LogP contribution in [0.4, 0.5) is 0 Å². The molecule has 0 radical (unpaired) electrons. The summed E-state index contributed by atoms with van der Waals surface area (Å²) in [5.74, 6) is 0.813. The number of methoxy groups -OCH3 is 1. The van der Waals surface area contributed by atoms with Crippen molar-refractivity contribution in [2.75, 3.05) is 7.11 Å². The van der Waals surface area contributed by atoms with Gasteiger partial charge in [0.25, 0.3) is 0 Å². The lowest BCUT2D eigenvalue weighted by atomic mass is 9.76. The summed E-state index contributed by atoms with van der Waals surface area (Å²) < 4.78 is 5.12. The first-order chi connectivity index (χ1) is 8.02. The Kier molecular flexibility index (Phi) is 3.40. The molecule has 0 saturated heterocycles. The summed E-state index contributed by atoms with van der Waals surface area (Å²) in [4.78, 5) is 12.2. The first-order valence-corrected chi connectivity index (χ1v) is 6.04. The van der Waals surface area contributed by atoms with E-state index in [1.54, 1.807) is 19.2 Å². The SMILES string of the molecule is COc1cc(C)c(C(=O)C2CC(N)C2)cc1Cl. The van der Waals surface area contributed by atoms with Crippen LogP contribution in [0, 0.1) is 12.8 Å². The molecule has 0 spiro atoms. The first-order valence-electron chi connectivity index (χ1n) is 5.67. The summed E-state index contributed by atoms with van der Waals surface area (Å²) >= 11 is 6.04. The molecule has 92 valence electrons. The van der Waals surface area contributed by atoms with Gasteiger partial charge >= 0.3 is 0 Å². The average molecular weight is 254 g/mol. The van der Waals surface area contributed by atoms with Crippen molar-refractivity contribution >= 4 is 17.4 Å². The number of benzene rings is 1. The van der Waals surface area contributed by atoms with Gasteiger partial charge in [-0.1, -0.05) is 11.6 Å². The van der Waals surface area contributed by atoms with Gasteiger partial charge in [-0.15, -0.1) is 0 Å². The molecule has 0 amide bonds. The van der Waals surface area contributed by atoms with Crippen LogP contribution < -0.4 is 10.5 Å². The molecule has 2 N–H and O–H groups in total. The Labute approximate surface area is 106 Å². The third kappa shape index (κ3) is 2.31. The van der Waals surface area contributed by atoms with Crippen LogP contribution in [-0.2, 0) is 0 Å². The molecule has 1 aliphatic rings. The molecule has 0 heterocycles. The molecule has 1 aromatic rings. The minimum Gasteiger partial charge on any atom is -0.495 e. The maximum absolute atomic E-state index is 12.2. The zero-order valence-corrected chi connectivity index (χ0v) is 10.8. The Balaban J connectivity index is 2.26. The Morgan fingerprint density at radius 2 is 2.12 bits per heavy atom. The second kappa shape index (κ2) is 4.67. The number of hydrogen-bond acceptors (Lipinski definition) is 3. The minimum absolute atomic E-state index is 0.0631. The molecular weight excluding hydrogens is 238 g/mol. The fourth-order valence-corrected chi connectivity index (χ4v) is 2.41. The highest BCUT2D eigenvalue weighted by Crippen LogP contribution is 2.33. The highest BCUT2D eigenvalue weighted by Gasteiger charge is 2.33. The number of halogens is 1. The number of hydrogen-bond donors (Lipinski definition) is 1. The van der Waals surface area contributed by atoms with Gasteiger partial charge in [-0.2, -0.15) is 0 Å². The van der Waals surface area contributed by atoms with Gasteiger partial charge < -0.3 is 10.5 Å². The highest BCUT2D eigenvalue weighted by atomic mass is 35.5. The van der Waals surface area contributed by atoms with Crippen LogP contribution in [0.2, 0.25) is 5.02 Å². The molecule has 17 heavy (non-hydrogen) atoms. The molecule has 0 bridgehead atoms. The standard InChI is InChI=1S/C13H16ClNO2/c1-7-3-12(17-2)11(14)6-10(7)13(16)8-4-9(15)5-8/h3,6,8-9H,4-5,15H2,1-2H3. The lowest BCUT2D eigenvalue weighted by Crippen LogP contribution is -2.40. The van der Waals surface area contributed by atoms with Gasteiger partial charge in [-0.05, 0) is 37.5 Å². The van der Waals surface area contributed by atoms with Crippen molar-refractivity contribution in [3.8, 4) is 5.75 Å². The quantitative estimate of drug-likeness (QED) is 0.843. The molecule has 0 aromatic heterocycles. The Bertz CT molecular complexity index is 453. The van der Waals surface area contributed by atoms with Crippen LogP contribution in [0.5, 0.6) is 5.75 Å². The summed E-state index contributed by atoms with van der Waals surface area (Å²) in [6.07, 6.45) is 1.56. The maximum atomic E-state index is 12.2. The molecule has 0 atom stereocenters. The number of ether oxygens (including phenoxy) is 1. The first kappa shape index (κ1) is 12.4. The summed E-state index contributed by atoms with van der Waals surface area (Å²) in [6, 6.07) is 3.67. The molecule has 1 saturated carbocycles. The maximum Gasteiger partial charge on any atom is 0.166 e. The van der Waals surface area contributed by atoms with Crippen LogP contribution >= 0.6 is 11.6 Å². The van der Waals surface area contributed by atoms with E-state index in [1.807, 2.05) is 6.92 Å². The van der Waals surface area contributed by atoms with E-state index in [4.69, 9.17) is 22.1 Å². The van der Waals surface area contributed by atoms with E-state index in [0.29, 0.717) is 16.3 Å². The number of carbonyl (C=O) groups is 1. The normalized spacial score (nSPS) is 23.1. The van der Waals surface area contributed by atoms with Crippen LogP contribution in [0.15, 0.2) is 12.1 Å². The molecule has 4 heteroatoms. The molecule has 1 aliphatic carbocycles. The van der Waals surface area contributed by atoms with Gasteiger partial charge in [0.2, 0.25) is 0 Å². The van der Waals surface area contributed by atoms with Crippen molar-refractivity contribution in [1.82, 2.24) is 0 Å². The highest BCUT2D eigenvalue weighted by molar-refractivity contribution is 6.32. The van der Waals surface area contributed by atoms with Crippen LogP contribution in [0.1, 0.15) is 28.8 Å². The fraction of sp³-hybridized carbons (Fsp3) is 0.462. The van der Waals surface area contributed by atoms with E-state index < -0.39 is 0 Å². The Morgan fingerprint density at radius 3 is 2.65 bits per heavy atom. The van der Waals surface area contributed by atoms with Crippen molar-refractivity contribution in [2.24, 2.45) is 11.7 Å². The Hall–Kier alpha value is -1.06.